The minimum absolute atomic E-state index is 0.211. The average Bonchev–Trinajstić information content (AvgIpc) is 3.14. The molecule has 1 aliphatic heterocycles. The Hall–Kier alpha value is -3.29. The number of ether oxygens (including phenoxy) is 1. The lowest BCUT2D eigenvalue weighted by atomic mass is 10.0. The number of nitrogens with one attached hydrogen (secondary N) is 2. The molecule has 0 unspecified atom stereocenters. The summed E-state index contributed by atoms with van der Waals surface area (Å²) in [6, 6.07) is 13.8. The van der Waals surface area contributed by atoms with Crippen LogP contribution >= 0.6 is 0 Å². The quantitative estimate of drug-likeness (QED) is 0.562. The Bertz CT molecular complexity index is 1190. The number of nitrogens with zero attached hydrogens (tertiary/aromatic N) is 3. The van der Waals surface area contributed by atoms with Gasteiger partial charge >= 0.3 is 0 Å². The van der Waals surface area contributed by atoms with Gasteiger partial charge < -0.3 is 9.72 Å². The van der Waals surface area contributed by atoms with Crippen molar-refractivity contribution in [2.45, 2.75) is 6.54 Å². The van der Waals surface area contributed by atoms with Crippen molar-refractivity contribution in [1.82, 2.24) is 25.1 Å². The monoisotopic (exact) mass is 387 g/mol. The minimum atomic E-state index is -0.211. The summed E-state index contributed by atoms with van der Waals surface area (Å²) >= 11 is 0. The van der Waals surface area contributed by atoms with E-state index in [0.717, 1.165) is 60.6 Å². The average molecular weight is 387 g/mol. The van der Waals surface area contributed by atoms with Crippen molar-refractivity contribution >= 4 is 10.9 Å². The van der Waals surface area contributed by atoms with E-state index >= 15 is 0 Å². The van der Waals surface area contributed by atoms with E-state index in [2.05, 4.69) is 31.1 Å². The predicted molar refractivity (Wildman–Crippen MR) is 111 cm³/mol. The molecule has 7 nitrogen and oxygen atoms in total. The van der Waals surface area contributed by atoms with Crippen molar-refractivity contribution in [3.05, 3.63) is 70.8 Å². The Balaban J connectivity index is 1.65. The number of aromatic amines is 2. The molecule has 1 aliphatic rings. The second-order valence-electron chi connectivity index (χ2n) is 7.14. The second kappa shape index (κ2) is 7.62. The summed E-state index contributed by atoms with van der Waals surface area (Å²) in [6.07, 6.45) is 3.43. The molecule has 29 heavy (non-hydrogen) atoms. The van der Waals surface area contributed by atoms with E-state index in [9.17, 15) is 4.79 Å². The first kappa shape index (κ1) is 17.8. The van der Waals surface area contributed by atoms with Gasteiger partial charge in [0.1, 0.15) is 0 Å². The maximum Gasteiger partial charge on any atom is 0.273 e. The zero-order chi connectivity index (χ0) is 19.6. The number of H-pyrrole nitrogens is 2. The highest BCUT2D eigenvalue weighted by Crippen LogP contribution is 2.31. The molecule has 3 aromatic heterocycles. The Morgan fingerprint density at radius 1 is 1.07 bits per heavy atom. The van der Waals surface area contributed by atoms with Crippen molar-refractivity contribution < 1.29 is 4.74 Å². The number of fused-ring (bicyclic) bond motifs is 1. The van der Waals surface area contributed by atoms with Gasteiger partial charge in [-0.15, -0.1) is 0 Å². The third-order valence-corrected chi connectivity index (χ3v) is 5.35. The number of benzene rings is 1. The molecular formula is C22H21N5O2. The van der Waals surface area contributed by atoms with Crippen LogP contribution in [0.25, 0.3) is 33.4 Å². The summed E-state index contributed by atoms with van der Waals surface area (Å²) in [4.78, 5) is 22.6. The summed E-state index contributed by atoms with van der Waals surface area (Å²) in [5.74, 6) is 0. The van der Waals surface area contributed by atoms with Gasteiger partial charge in [0.25, 0.3) is 5.56 Å². The summed E-state index contributed by atoms with van der Waals surface area (Å²) in [5.41, 5.74) is 4.98. The number of morpholine rings is 1. The fourth-order valence-electron chi connectivity index (χ4n) is 3.84. The zero-order valence-corrected chi connectivity index (χ0v) is 15.9. The highest BCUT2D eigenvalue weighted by molar-refractivity contribution is 5.91. The van der Waals surface area contributed by atoms with E-state index in [4.69, 9.17) is 4.74 Å². The summed E-state index contributed by atoms with van der Waals surface area (Å²) in [6.45, 7) is 4.00. The van der Waals surface area contributed by atoms with Crippen LogP contribution in [0.5, 0.6) is 0 Å². The summed E-state index contributed by atoms with van der Waals surface area (Å²) in [7, 11) is 0. The van der Waals surface area contributed by atoms with E-state index < -0.39 is 0 Å². The van der Waals surface area contributed by atoms with E-state index in [0.29, 0.717) is 11.3 Å². The molecule has 0 saturated carbocycles. The van der Waals surface area contributed by atoms with E-state index in [1.54, 1.807) is 12.4 Å². The maximum atomic E-state index is 12.7. The van der Waals surface area contributed by atoms with Gasteiger partial charge in [-0.3, -0.25) is 14.7 Å². The van der Waals surface area contributed by atoms with Crippen LogP contribution in [0.3, 0.4) is 0 Å². The smallest absolute Gasteiger partial charge is 0.273 e. The number of hydrogen-bond donors (Lipinski definition) is 2. The molecule has 0 amide bonds. The number of para-hydroxylation sites is 1. The molecule has 1 aromatic carbocycles. The molecule has 4 aromatic rings. The van der Waals surface area contributed by atoms with Crippen molar-refractivity contribution in [2.24, 2.45) is 0 Å². The Morgan fingerprint density at radius 2 is 1.86 bits per heavy atom. The van der Waals surface area contributed by atoms with Gasteiger partial charge in [0.15, 0.2) is 0 Å². The molecule has 1 saturated heterocycles. The molecule has 0 radical (unpaired) electrons. The van der Waals surface area contributed by atoms with Crippen LogP contribution in [-0.4, -0.2) is 51.4 Å². The predicted octanol–water partition coefficient (Wildman–Crippen LogP) is 2.81. The number of aromatic nitrogens is 4. The fraction of sp³-hybridized carbons (Fsp3) is 0.227. The molecule has 0 bridgehead atoms. The third kappa shape index (κ3) is 3.46. The highest BCUT2D eigenvalue weighted by Gasteiger charge is 2.20. The molecule has 1 fully saturated rings. The number of rotatable bonds is 4. The molecule has 5 rings (SSSR count). The van der Waals surface area contributed by atoms with Crippen LogP contribution in [0.1, 0.15) is 5.56 Å². The molecule has 146 valence electrons. The minimum Gasteiger partial charge on any atom is -0.379 e. The Morgan fingerprint density at radius 3 is 2.69 bits per heavy atom. The highest BCUT2D eigenvalue weighted by atomic mass is 16.5. The third-order valence-electron chi connectivity index (χ3n) is 5.35. The second-order valence-corrected chi connectivity index (χ2v) is 7.14. The van der Waals surface area contributed by atoms with Gasteiger partial charge in [-0.1, -0.05) is 18.2 Å². The lowest BCUT2D eigenvalue weighted by Crippen LogP contribution is -2.35. The van der Waals surface area contributed by atoms with Crippen molar-refractivity contribution in [3.63, 3.8) is 0 Å². The fourth-order valence-corrected chi connectivity index (χ4v) is 3.84. The maximum absolute atomic E-state index is 12.7. The largest absolute Gasteiger partial charge is 0.379 e. The van der Waals surface area contributed by atoms with Crippen molar-refractivity contribution in [1.29, 1.82) is 0 Å². The lowest BCUT2D eigenvalue weighted by molar-refractivity contribution is 0.0344. The Labute approximate surface area is 167 Å². The van der Waals surface area contributed by atoms with Crippen LogP contribution in [0.4, 0.5) is 0 Å². The van der Waals surface area contributed by atoms with Crippen LogP contribution in [-0.2, 0) is 11.3 Å². The lowest BCUT2D eigenvalue weighted by Gasteiger charge is -2.26. The Kier molecular flexibility index (Phi) is 4.67. The van der Waals surface area contributed by atoms with Crippen LogP contribution in [0.2, 0.25) is 0 Å². The topological polar surface area (TPSA) is 86.9 Å². The number of hydrogen-bond acceptors (Lipinski definition) is 5. The molecule has 7 heteroatoms. The van der Waals surface area contributed by atoms with Gasteiger partial charge in [-0.25, -0.2) is 5.10 Å². The van der Waals surface area contributed by atoms with Gasteiger partial charge in [0.05, 0.1) is 30.2 Å². The van der Waals surface area contributed by atoms with Crippen LogP contribution < -0.4 is 5.56 Å². The molecule has 0 atom stereocenters. The molecule has 4 heterocycles. The molecule has 0 aliphatic carbocycles. The van der Waals surface area contributed by atoms with E-state index in [1.807, 2.05) is 36.4 Å². The summed E-state index contributed by atoms with van der Waals surface area (Å²) < 4.78 is 5.49. The molecule has 0 spiro atoms. The first-order valence-corrected chi connectivity index (χ1v) is 9.70. The van der Waals surface area contributed by atoms with Crippen LogP contribution in [0, 0.1) is 0 Å². The standard InChI is InChI=1S/C22H21N5O2/c28-22-17(13-20(25-26-22)15-5-7-23-8-6-15)21-18(14-27-9-11-29-12-10-27)16-3-1-2-4-19(16)24-21/h1-8,13,24H,9-12,14H2,(H,26,28). The van der Waals surface area contributed by atoms with Crippen molar-refractivity contribution in [3.8, 4) is 22.5 Å². The first-order chi connectivity index (χ1) is 14.3. The van der Waals surface area contributed by atoms with Gasteiger partial charge in [-0.05, 0) is 29.8 Å². The van der Waals surface area contributed by atoms with Crippen LogP contribution in [0.15, 0.2) is 59.7 Å². The molecule has 2 N–H and O–H groups in total. The van der Waals surface area contributed by atoms with Crippen molar-refractivity contribution in [2.75, 3.05) is 26.3 Å². The van der Waals surface area contributed by atoms with Gasteiger partial charge in [0, 0.05) is 48.5 Å². The van der Waals surface area contributed by atoms with E-state index in [-0.39, 0.29) is 5.56 Å². The molecular weight excluding hydrogens is 366 g/mol. The number of pyridine rings is 1. The SMILES string of the molecule is O=c1[nH]nc(-c2ccncc2)cc1-c1[nH]c2ccccc2c1CN1CCOCC1. The van der Waals surface area contributed by atoms with E-state index in [1.165, 1.54) is 0 Å². The van der Waals surface area contributed by atoms with Gasteiger partial charge in [0.2, 0.25) is 0 Å². The normalized spacial score (nSPS) is 15.0. The summed E-state index contributed by atoms with van der Waals surface area (Å²) in [5, 5.41) is 8.02. The first-order valence-electron chi connectivity index (χ1n) is 9.70. The van der Waals surface area contributed by atoms with Gasteiger partial charge in [-0.2, -0.15) is 5.10 Å². The zero-order valence-electron chi connectivity index (χ0n) is 15.9.